The van der Waals surface area contributed by atoms with E-state index in [0.717, 1.165) is 44.2 Å². The molecule has 9 aliphatic rings. The molecule has 12 atom stereocenters. The van der Waals surface area contributed by atoms with E-state index in [4.69, 9.17) is 0 Å². The lowest BCUT2D eigenvalue weighted by Crippen LogP contribution is -2.74. The molecular weight excluding hydrogens is 302 g/mol. The molecule has 2 spiro atoms. The molecule has 9 rings (SSSR count). The van der Waals surface area contributed by atoms with Gasteiger partial charge in [-0.2, -0.15) is 0 Å². The van der Waals surface area contributed by atoms with Crippen LogP contribution in [-0.4, -0.2) is 56.7 Å². The molecule has 9 bridgehead atoms. The first kappa shape index (κ1) is 13.7. The zero-order valence-electron chi connectivity index (χ0n) is 14.3. The molecular formula is C20H27NO3. The lowest BCUT2D eigenvalue weighted by atomic mass is 9.38. The summed E-state index contributed by atoms with van der Waals surface area (Å²) in [5.74, 6) is 1.15. The van der Waals surface area contributed by atoms with Crippen LogP contribution in [0.1, 0.15) is 39.0 Å². The molecule has 9 fully saturated rings. The average molecular weight is 329 g/mol. The molecule has 0 aromatic rings. The van der Waals surface area contributed by atoms with Crippen molar-refractivity contribution >= 4 is 0 Å². The molecule has 12 unspecified atom stereocenters. The van der Waals surface area contributed by atoms with Crippen LogP contribution >= 0.6 is 0 Å². The minimum absolute atomic E-state index is 0.134. The minimum Gasteiger partial charge on any atom is -0.393 e. The van der Waals surface area contributed by atoms with Crippen LogP contribution in [0, 0.1) is 34.0 Å². The van der Waals surface area contributed by atoms with E-state index < -0.39 is 11.7 Å². The van der Waals surface area contributed by atoms with Crippen LogP contribution in [0.25, 0.3) is 0 Å². The van der Waals surface area contributed by atoms with Crippen molar-refractivity contribution in [3.05, 3.63) is 12.2 Å². The Balaban J connectivity index is 1.56. The molecule has 3 saturated heterocycles. The molecule has 4 heteroatoms. The SMILES string of the molecule is C=C1C2CC3C4N5CC6(C)CC(O)CC47C6C5CC3(C1O)C7(O)C2. The summed E-state index contributed by atoms with van der Waals surface area (Å²) in [6.07, 6.45) is 3.58. The quantitative estimate of drug-likeness (QED) is 0.578. The third kappa shape index (κ3) is 0.903. The van der Waals surface area contributed by atoms with Gasteiger partial charge in [0.2, 0.25) is 0 Å². The summed E-state index contributed by atoms with van der Waals surface area (Å²) in [5.41, 5.74) is -0.270. The van der Waals surface area contributed by atoms with Gasteiger partial charge in [-0.1, -0.05) is 13.5 Å². The Labute approximate surface area is 142 Å². The smallest absolute Gasteiger partial charge is 0.0838 e. The number of fused-ring (bicyclic) bond motifs is 1. The van der Waals surface area contributed by atoms with Gasteiger partial charge in [0.15, 0.2) is 0 Å². The zero-order chi connectivity index (χ0) is 16.4. The minimum atomic E-state index is -0.808. The monoisotopic (exact) mass is 329 g/mol. The number of piperidine rings is 2. The van der Waals surface area contributed by atoms with E-state index in [0.29, 0.717) is 23.9 Å². The maximum absolute atomic E-state index is 12.3. The summed E-state index contributed by atoms with van der Waals surface area (Å²) < 4.78 is 0. The van der Waals surface area contributed by atoms with Gasteiger partial charge in [0.05, 0.1) is 17.8 Å². The van der Waals surface area contributed by atoms with Gasteiger partial charge < -0.3 is 15.3 Å². The number of nitrogens with zero attached hydrogens (tertiary/aromatic N) is 1. The largest absolute Gasteiger partial charge is 0.393 e. The highest BCUT2D eigenvalue weighted by atomic mass is 16.3. The van der Waals surface area contributed by atoms with Gasteiger partial charge in [-0.05, 0) is 60.8 Å². The summed E-state index contributed by atoms with van der Waals surface area (Å²) in [6, 6.07) is 0.878. The van der Waals surface area contributed by atoms with E-state index in [-0.39, 0.29) is 28.3 Å². The molecule has 24 heavy (non-hydrogen) atoms. The van der Waals surface area contributed by atoms with E-state index in [2.05, 4.69) is 18.4 Å². The van der Waals surface area contributed by atoms with Crippen molar-refractivity contribution in [3.8, 4) is 0 Å². The van der Waals surface area contributed by atoms with Gasteiger partial charge in [-0.15, -0.1) is 0 Å². The molecule has 3 N–H and O–H groups in total. The molecule has 0 amide bonds. The van der Waals surface area contributed by atoms with Crippen LogP contribution in [-0.2, 0) is 0 Å². The Morgan fingerprint density at radius 2 is 1.92 bits per heavy atom. The number of rotatable bonds is 0. The molecule has 0 aromatic carbocycles. The Hall–Kier alpha value is -0.420. The van der Waals surface area contributed by atoms with Crippen molar-refractivity contribution in [2.45, 2.75) is 68.9 Å². The van der Waals surface area contributed by atoms with Gasteiger partial charge in [-0.3, -0.25) is 4.90 Å². The van der Waals surface area contributed by atoms with Gasteiger partial charge in [0.25, 0.3) is 0 Å². The van der Waals surface area contributed by atoms with Crippen molar-refractivity contribution in [3.63, 3.8) is 0 Å². The first-order valence-corrected chi connectivity index (χ1v) is 9.83. The Kier molecular flexibility index (Phi) is 1.88. The van der Waals surface area contributed by atoms with Crippen molar-refractivity contribution in [2.75, 3.05) is 6.54 Å². The summed E-state index contributed by atoms with van der Waals surface area (Å²) in [6.45, 7) is 7.65. The Morgan fingerprint density at radius 3 is 2.71 bits per heavy atom. The summed E-state index contributed by atoms with van der Waals surface area (Å²) in [5, 5.41) is 34.3. The van der Waals surface area contributed by atoms with Gasteiger partial charge in [0, 0.05) is 29.5 Å². The molecule has 6 aliphatic carbocycles. The van der Waals surface area contributed by atoms with Gasteiger partial charge >= 0.3 is 0 Å². The second-order valence-corrected chi connectivity index (χ2v) is 10.7. The van der Waals surface area contributed by atoms with E-state index >= 15 is 0 Å². The molecule has 4 nitrogen and oxygen atoms in total. The number of aliphatic hydroxyl groups is 3. The number of hydrogen-bond acceptors (Lipinski definition) is 4. The van der Waals surface area contributed by atoms with Crippen LogP contribution in [0.3, 0.4) is 0 Å². The lowest BCUT2D eigenvalue weighted by Gasteiger charge is -2.68. The third-order valence-electron chi connectivity index (χ3n) is 10.4. The average Bonchev–Trinajstić information content (AvgIpc) is 2.89. The highest BCUT2D eigenvalue weighted by Crippen LogP contribution is 2.88. The summed E-state index contributed by atoms with van der Waals surface area (Å²) in [4.78, 5) is 2.72. The fraction of sp³-hybridized carbons (Fsp3) is 0.900. The molecule has 6 saturated carbocycles. The second-order valence-electron chi connectivity index (χ2n) is 10.7. The van der Waals surface area contributed by atoms with E-state index in [1.165, 1.54) is 0 Å². The maximum Gasteiger partial charge on any atom is 0.0838 e. The van der Waals surface area contributed by atoms with E-state index in [9.17, 15) is 15.3 Å². The Bertz CT molecular complexity index is 724. The van der Waals surface area contributed by atoms with Crippen LogP contribution < -0.4 is 0 Å². The highest BCUT2D eigenvalue weighted by Gasteiger charge is 2.93. The molecule has 3 heterocycles. The van der Waals surface area contributed by atoms with Crippen molar-refractivity contribution in [1.82, 2.24) is 4.90 Å². The van der Waals surface area contributed by atoms with Crippen molar-refractivity contribution < 1.29 is 15.3 Å². The molecule has 0 radical (unpaired) electrons. The van der Waals surface area contributed by atoms with Crippen molar-refractivity contribution in [2.24, 2.45) is 34.0 Å². The van der Waals surface area contributed by atoms with Crippen LogP contribution in [0.2, 0.25) is 0 Å². The van der Waals surface area contributed by atoms with Crippen LogP contribution in [0.4, 0.5) is 0 Å². The lowest BCUT2D eigenvalue weighted by molar-refractivity contribution is -0.276. The standard InChI is InChI=1S/C20H27NO3/c1-9-10-3-12-15-19-6-11(22)5-17(2)8-21(15)13(14(17)19)7-18(12,16(9)23)20(19,24)4-10/h10-16,22-24H,1,3-8H2,2H3. The van der Waals surface area contributed by atoms with Gasteiger partial charge in [-0.25, -0.2) is 0 Å². The normalized spacial score (nSPS) is 76.1. The number of aliphatic hydroxyl groups excluding tert-OH is 2. The zero-order valence-corrected chi connectivity index (χ0v) is 14.3. The highest BCUT2D eigenvalue weighted by molar-refractivity contribution is 5.47. The first-order valence-electron chi connectivity index (χ1n) is 9.83. The summed E-state index contributed by atoms with van der Waals surface area (Å²) >= 11 is 0. The first-order chi connectivity index (χ1) is 11.3. The van der Waals surface area contributed by atoms with Crippen LogP contribution in [0.5, 0.6) is 0 Å². The predicted molar refractivity (Wildman–Crippen MR) is 86.9 cm³/mol. The molecule has 130 valence electrons. The maximum atomic E-state index is 12.3. The fourth-order valence-electron chi connectivity index (χ4n) is 10.5. The topological polar surface area (TPSA) is 63.9 Å². The van der Waals surface area contributed by atoms with Crippen LogP contribution in [0.15, 0.2) is 12.2 Å². The number of hydrogen-bond donors (Lipinski definition) is 3. The van der Waals surface area contributed by atoms with Gasteiger partial charge in [0.1, 0.15) is 0 Å². The van der Waals surface area contributed by atoms with E-state index in [1.54, 1.807) is 0 Å². The second kappa shape index (κ2) is 3.28. The van der Waals surface area contributed by atoms with Crippen molar-refractivity contribution in [1.29, 1.82) is 0 Å². The van der Waals surface area contributed by atoms with E-state index in [1.807, 2.05) is 0 Å². The Morgan fingerprint density at radius 1 is 1.12 bits per heavy atom. The molecule has 0 aromatic heterocycles. The fourth-order valence-corrected chi connectivity index (χ4v) is 10.5. The summed E-state index contributed by atoms with van der Waals surface area (Å²) in [7, 11) is 0. The third-order valence-corrected chi connectivity index (χ3v) is 10.4. The molecule has 3 aliphatic heterocycles. The predicted octanol–water partition coefficient (Wildman–Crippen LogP) is 0.908.